The van der Waals surface area contributed by atoms with Gasteiger partial charge in [0.15, 0.2) is 6.20 Å². The molecular formula is C19H20N+. The van der Waals surface area contributed by atoms with E-state index in [-0.39, 0.29) is 0 Å². The number of hydrogen-bond acceptors (Lipinski definition) is 0. The smallest absolute Gasteiger partial charge is 0.200 e. The van der Waals surface area contributed by atoms with Crippen LogP contribution in [0.15, 0.2) is 48.7 Å². The van der Waals surface area contributed by atoms with Crippen LogP contribution in [0.1, 0.15) is 16.7 Å². The van der Waals surface area contributed by atoms with E-state index in [0.29, 0.717) is 0 Å². The molecule has 0 aliphatic rings. The van der Waals surface area contributed by atoms with Gasteiger partial charge in [-0.05, 0) is 55.0 Å². The van der Waals surface area contributed by atoms with E-state index >= 15 is 0 Å². The molecule has 0 saturated carbocycles. The Balaban J connectivity index is 2.44. The summed E-state index contributed by atoms with van der Waals surface area (Å²) < 4.78 is 2.22. The lowest BCUT2D eigenvalue weighted by Crippen LogP contribution is -2.30. The van der Waals surface area contributed by atoms with E-state index in [9.17, 15) is 0 Å². The normalized spacial score (nSPS) is 11.0. The number of aryl methyl sites for hydroxylation is 4. The highest BCUT2D eigenvalue weighted by Crippen LogP contribution is 2.30. The van der Waals surface area contributed by atoms with E-state index in [1.54, 1.807) is 0 Å². The SMILES string of the molecule is Cc1ccccc1-c1c2ccc(C)c(C)c2cc[n+]1C. The van der Waals surface area contributed by atoms with Crippen molar-refractivity contribution in [2.24, 2.45) is 7.05 Å². The Labute approximate surface area is 120 Å². The first-order chi connectivity index (χ1) is 9.59. The molecule has 1 aromatic heterocycles. The summed E-state index contributed by atoms with van der Waals surface area (Å²) in [7, 11) is 2.12. The van der Waals surface area contributed by atoms with E-state index in [1.807, 2.05) is 0 Å². The summed E-state index contributed by atoms with van der Waals surface area (Å²) in [5, 5.41) is 2.67. The van der Waals surface area contributed by atoms with Gasteiger partial charge < -0.3 is 0 Å². The number of aromatic nitrogens is 1. The molecule has 3 aromatic rings. The Morgan fingerprint density at radius 3 is 2.25 bits per heavy atom. The molecule has 1 heterocycles. The van der Waals surface area contributed by atoms with Crippen molar-refractivity contribution in [2.75, 3.05) is 0 Å². The Hall–Kier alpha value is -2.15. The zero-order valence-electron chi connectivity index (χ0n) is 12.6. The number of fused-ring (bicyclic) bond motifs is 1. The van der Waals surface area contributed by atoms with Crippen LogP contribution < -0.4 is 4.57 Å². The molecule has 1 heteroatoms. The average molecular weight is 262 g/mol. The fraction of sp³-hybridized carbons (Fsp3) is 0.211. The largest absolute Gasteiger partial charge is 0.220 e. The number of nitrogens with zero attached hydrogens (tertiary/aromatic N) is 1. The van der Waals surface area contributed by atoms with E-state index in [2.05, 4.69) is 81.0 Å². The first kappa shape index (κ1) is 12.9. The van der Waals surface area contributed by atoms with Crippen molar-refractivity contribution in [1.82, 2.24) is 0 Å². The maximum Gasteiger partial charge on any atom is 0.220 e. The second-order valence-corrected chi connectivity index (χ2v) is 5.56. The Kier molecular flexibility index (Phi) is 3.06. The molecule has 0 radical (unpaired) electrons. The Morgan fingerprint density at radius 2 is 1.50 bits per heavy atom. The molecule has 0 bridgehead atoms. The minimum Gasteiger partial charge on any atom is -0.200 e. The third kappa shape index (κ3) is 1.90. The molecule has 2 aromatic carbocycles. The monoisotopic (exact) mass is 262 g/mol. The van der Waals surface area contributed by atoms with Crippen molar-refractivity contribution >= 4 is 10.8 Å². The fourth-order valence-corrected chi connectivity index (χ4v) is 2.88. The summed E-state index contributed by atoms with van der Waals surface area (Å²) in [6, 6.07) is 15.3. The van der Waals surface area contributed by atoms with Gasteiger partial charge in [0.05, 0.1) is 5.39 Å². The van der Waals surface area contributed by atoms with Crippen LogP contribution in [-0.4, -0.2) is 0 Å². The van der Waals surface area contributed by atoms with E-state index in [4.69, 9.17) is 0 Å². The number of pyridine rings is 1. The molecule has 0 aliphatic heterocycles. The van der Waals surface area contributed by atoms with Crippen LogP contribution in [0.5, 0.6) is 0 Å². The van der Waals surface area contributed by atoms with Crippen molar-refractivity contribution in [2.45, 2.75) is 20.8 Å². The molecule has 0 saturated heterocycles. The molecule has 100 valence electrons. The van der Waals surface area contributed by atoms with Crippen LogP contribution in [0, 0.1) is 20.8 Å². The molecule has 0 amide bonds. The molecule has 0 unspecified atom stereocenters. The molecule has 20 heavy (non-hydrogen) atoms. The van der Waals surface area contributed by atoms with Crippen molar-refractivity contribution in [3.8, 4) is 11.3 Å². The van der Waals surface area contributed by atoms with E-state index in [1.165, 1.54) is 38.7 Å². The quantitative estimate of drug-likeness (QED) is 0.577. The minimum absolute atomic E-state index is 1.30. The predicted octanol–water partition coefficient (Wildman–Crippen LogP) is 4.26. The van der Waals surface area contributed by atoms with Gasteiger partial charge in [-0.3, -0.25) is 0 Å². The topological polar surface area (TPSA) is 3.88 Å². The van der Waals surface area contributed by atoms with Gasteiger partial charge in [-0.1, -0.05) is 24.3 Å². The van der Waals surface area contributed by atoms with E-state index < -0.39 is 0 Å². The fourth-order valence-electron chi connectivity index (χ4n) is 2.88. The van der Waals surface area contributed by atoms with Crippen LogP contribution >= 0.6 is 0 Å². The maximum absolute atomic E-state index is 2.25. The van der Waals surface area contributed by atoms with Crippen LogP contribution in [0.4, 0.5) is 0 Å². The highest BCUT2D eigenvalue weighted by Gasteiger charge is 2.17. The maximum atomic E-state index is 2.25. The molecule has 1 nitrogen and oxygen atoms in total. The first-order valence-corrected chi connectivity index (χ1v) is 7.04. The summed E-state index contributed by atoms with van der Waals surface area (Å²) in [5.74, 6) is 0. The first-order valence-electron chi connectivity index (χ1n) is 7.04. The van der Waals surface area contributed by atoms with Crippen LogP contribution in [0.25, 0.3) is 22.0 Å². The van der Waals surface area contributed by atoms with Crippen LogP contribution in [-0.2, 0) is 7.05 Å². The van der Waals surface area contributed by atoms with Crippen molar-refractivity contribution < 1.29 is 4.57 Å². The summed E-state index contributed by atoms with van der Waals surface area (Å²) in [6.07, 6.45) is 2.16. The lowest BCUT2D eigenvalue weighted by molar-refractivity contribution is -0.659. The third-order valence-corrected chi connectivity index (χ3v) is 4.26. The van der Waals surface area contributed by atoms with Crippen molar-refractivity contribution in [3.63, 3.8) is 0 Å². The number of rotatable bonds is 1. The molecule has 0 aliphatic carbocycles. The molecule has 0 fully saturated rings. The van der Waals surface area contributed by atoms with Gasteiger partial charge in [0, 0.05) is 11.6 Å². The van der Waals surface area contributed by atoms with Gasteiger partial charge in [0.1, 0.15) is 7.05 Å². The van der Waals surface area contributed by atoms with Gasteiger partial charge in [0.2, 0.25) is 5.69 Å². The molecule has 0 spiro atoms. The molecule has 0 atom stereocenters. The Morgan fingerprint density at radius 1 is 0.750 bits per heavy atom. The van der Waals surface area contributed by atoms with Crippen molar-refractivity contribution in [3.05, 3.63) is 65.4 Å². The van der Waals surface area contributed by atoms with Gasteiger partial charge in [-0.15, -0.1) is 0 Å². The minimum atomic E-state index is 1.30. The number of benzene rings is 2. The third-order valence-electron chi connectivity index (χ3n) is 4.26. The van der Waals surface area contributed by atoms with Crippen LogP contribution in [0.3, 0.4) is 0 Å². The molecular weight excluding hydrogens is 242 g/mol. The summed E-state index contributed by atoms with van der Waals surface area (Å²) in [4.78, 5) is 0. The second kappa shape index (κ2) is 4.75. The molecule has 3 rings (SSSR count). The summed E-state index contributed by atoms with van der Waals surface area (Å²) in [5.41, 5.74) is 6.64. The van der Waals surface area contributed by atoms with Gasteiger partial charge >= 0.3 is 0 Å². The Bertz CT molecular complexity index is 800. The van der Waals surface area contributed by atoms with Crippen molar-refractivity contribution in [1.29, 1.82) is 0 Å². The van der Waals surface area contributed by atoms with Crippen LogP contribution in [0.2, 0.25) is 0 Å². The highest BCUT2D eigenvalue weighted by atomic mass is 14.9. The average Bonchev–Trinajstić information content (AvgIpc) is 2.44. The summed E-state index contributed by atoms with van der Waals surface area (Å²) >= 11 is 0. The van der Waals surface area contributed by atoms with Gasteiger partial charge in [0.25, 0.3) is 0 Å². The van der Waals surface area contributed by atoms with Gasteiger partial charge in [-0.2, -0.15) is 0 Å². The second-order valence-electron chi connectivity index (χ2n) is 5.56. The predicted molar refractivity (Wildman–Crippen MR) is 84.8 cm³/mol. The lowest BCUT2D eigenvalue weighted by Gasteiger charge is -2.10. The van der Waals surface area contributed by atoms with Gasteiger partial charge in [-0.25, -0.2) is 4.57 Å². The highest BCUT2D eigenvalue weighted by molar-refractivity contribution is 5.95. The zero-order chi connectivity index (χ0) is 14.3. The standard InChI is InChI=1S/C19H20N/c1-13-9-10-18-17(15(13)3)11-12-20(4)19(18)16-8-6-5-7-14(16)2/h5-12H,1-4H3/q+1. The summed E-state index contributed by atoms with van der Waals surface area (Å²) in [6.45, 7) is 6.56. The zero-order valence-corrected chi connectivity index (χ0v) is 12.6. The number of hydrogen-bond donors (Lipinski definition) is 0. The lowest BCUT2D eigenvalue weighted by atomic mass is 9.96. The molecule has 0 N–H and O–H groups in total. The van der Waals surface area contributed by atoms with E-state index in [0.717, 1.165) is 0 Å².